The normalized spacial score (nSPS) is 10.8. The van der Waals surface area contributed by atoms with Crippen molar-refractivity contribution in [2.75, 3.05) is 5.32 Å². The molecule has 0 unspecified atom stereocenters. The highest BCUT2D eigenvalue weighted by Crippen LogP contribution is 2.30. The van der Waals surface area contributed by atoms with Crippen molar-refractivity contribution in [3.05, 3.63) is 57.0 Å². The van der Waals surface area contributed by atoms with Crippen molar-refractivity contribution in [1.29, 1.82) is 0 Å². The first kappa shape index (κ1) is 16.0. The second-order valence-corrected chi connectivity index (χ2v) is 5.68. The van der Waals surface area contributed by atoms with Crippen LogP contribution in [0.4, 0.5) is 14.5 Å². The summed E-state index contributed by atoms with van der Waals surface area (Å²) in [5.41, 5.74) is 2.38. The Kier molecular flexibility index (Phi) is 5.42. The lowest BCUT2D eigenvalue weighted by Crippen LogP contribution is -2.07. The monoisotopic (exact) mass is 375 g/mol. The second kappa shape index (κ2) is 7.09. The van der Waals surface area contributed by atoms with E-state index in [0.717, 1.165) is 15.7 Å². The zero-order chi connectivity index (χ0) is 15.4. The van der Waals surface area contributed by atoms with E-state index < -0.39 is 6.61 Å². The summed E-state index contributed by atoms with van der Waals surface area (Å²) in [7, 11) is 0. The van der Waals surface area contributed by atoms with Crippen LogP contribution >= 0.6 is 27.5 Å². The number of alkyl halides is 2. The van der Waals surface area contributed by atoms with Gasteiger partial charge in [-0.2, -0.15) is 8.78 Å². The average molecular weight is 377 g/mol. The average Bonchev–Trinajstić information content (AvgIpc) is 2.42. The van der Waals surface area contributed by atoms with Crippen LogP contribution in [0.3, 0.4) is 0 Å². The lowest BCUT2D eigenvalue weighted by atomic mass is 10.2. The molecule has 0 radical (unpaired) electrons. The summed E-state index contributed by atoms with van der Waals surface area (Å²) in [6, 6.07) is 10.4. The zero-order valence-corrected chi connectivity index (χ0v) is 13.5. The molecule has 2 aromatic carbocycles. The molecule has 0 saturated heterocycles. The van der Waals surface area contributed by atoms with Crippen LogP contribution in [0.25, 0.3) is 0 Å². The molecule has 6 heteroatoms. The molecule has 0 fully saturated rings. The Morgan fingerprint density at radius 1 is 1.29 bits per heavy atom. The maximum absolute atomic E-state index is 12.4. The van der Waals surface area contributed by atoms with Gasteiger partial charge in [0.25, 0.3) is 0 Å². The first-order valence-electron chi connectivity index (χ1n) is 6.19. The number of para-hydroxylation sites is 1. The first-order chi connectivity index (χ1) is 9.97. The van der Waals surface area contributed by atoms with E-state index in [2.05, 4.69) is 26.0 Å². The van der Waals surface area contributed by atoms with Crippen LogP contribution in [-0.2, 0) is 6.54 Å². The molecule has 0 saturated carbocycles. The topological polar surface area (TPSA) is 21.3 Å². The van der Waals surface area contributed by atoms with Gasteiger partial charge in [-0.05, 0) is 46.6 Å². The summed E-state index contributed by atoms with van der Waals surface area (Å²) in [5, 5.41) is 3.79. The maximum Gasteiger partial charge on any atom is 0.387 e. The molecular formula is C15H13BrClF2NO. The summed E-state index contributed by atoms with van der Waals surface area (Å²) in [4.78, 5) is 0. The van der Waals surface area contributed by atoms with Crippen LogP contribution in [0.1, 0.15) is 11.1 Å². The molecule has 0 aliphatic carbocycles. The van der Waals surface area contributed by atoms with E-state index in [4.69, 9.17) is 11.6 Å². The van der Waals surface area contributed by atoms with E-state index in [0.29, 0.717) is 17.1 Å². The quantitative estimate of drug-likeness (QED) is 0.731. The third-order valence-electron chi connectivity index (χ3n) is 2.91. The van der Waals surface area contributed by atoms with Gasteiger partial charge in [0.1, 0.15) is 5.75 Å². The molecule has 2 rings (SSSR count). The number of aryl methyl sites for hydroxylation is 1. The van der Waals surface area contributed by atoms with Gasteiger partial charge in [-0.25, -0.2) is 0 Å². The molecule has 1 N–H and O–H groups in total. The third-order valence-corrected chi connectivity index (χ3v) is 3.97. The van der Waals surface area contributed by atoms with Crippen LogP contribution in [-0.4, -0.2) is 6.61 Å². The molecular weight excluding hydrogens is 364 g/mol. The van der Waals surface area contributed by atoms with E-state index in [-0.39, 0.29) is 5.75 Å². The van der Waals surface area contributed by atoms with Gasteiger partial charge in [-0.1, -0.05) is 29.8 Å². The Hall–Kier alpha value is -1.33. The predicted octanol–water partition coefficient (Wildman–Crippen LogP) is 5.62. The van der Waals surface area contributed by atoms with Gasteiger partial charge in [-0.3, -0.25) is 0 Å². The highest BCUT2D eigenvalue weighted by Gasteiger charge is 2.10. The van der Waals surface area contributed by atoms with Crippen molar-refractivity contribution in [2.24, 2.45) is 0 Å². The van der Waals surface area contributed by atoms with E-state index in [9.17, 15) is 8.78 Å². The zero-order valence-electron chi connectivity index (χ0n) is 11.2. The van der Waals surface area contributed by atoms with Gasteiger partial charge in [0, 0.05) is 21.6 Å². The lowest BCUT2D eigenvalue weighted by molar-refractivity contribution is -0.0504. The number of rotatable bonds is 5. The Labute approximate surface area is 135 Å². The number of benzene rings is 2. The SMILES string of the molecule is Cc1cc(Br)c(NCc2ccccc2OC(F)F)cc1Cl. The fraction of sp³-hybridized carbons (Fsp3) is 0.200. The summed E-state index contributed by atoms with van der Waals surface area (Å²) in [6.07, 6.45) is 0. The van der Waals surface area contributed by atoms with Gasteiger partial charge >= 0.3 is 6.61 Å². The van der Waals surface area contributed by atoms with Crippen molar-refractivity contribution in [3.8, 4) is 5.75 Å². The fourth-order valence-corrected chi connectivity index (χ4v) is 2.59. The highest BCUT2D eigenvalue weighted by molar-refractivity contribution is 9.10. The van der Waals surface area contributed by atoms with Gasteiger partial charge in [0.05, 0.1) is 5.69 Å². The van der Waals surface area contributed by atoms with Crippen LogP contribution in [0, 0.1) is 6.92 Å². The highest BCUT2D eigenvalue weighted by atomic mass is 79.9. The Morgan fingerprint density at radius 2 is 2.00 bits per heavy atom. The van der Waals surface area contributed by atoms with Gasteiger partial charge in [-0.15, -0.1) is 0 Å². The molecule has 0 heterocycles. The number of anilines is 1. The minimum atomic E-state index is -2.84. The predicted molar refractivity (Wildman–Crippen MR) is 84.3 cm³/mol. The standard InChI is InChI=1S/C15H13BrClF2NO/c1-9-6-11(16)13(7-12(9)17)20-8-10-4-2-3-5-14(10)21-15(18)19/h2-7,15,20H,8H2,1H3. The van der Waals surface area contributed by atoms with Crippen LogP contribution < -0.4 is 10.1 Å². The number of hydrogen-bond acceptors (Lipinski definition) is 2. The van der Waals surface area contributed by atoms with E-state index in [1.165, 1.54) is 6.07 Å². The largest absolute Gasteiger partial charge is 0.434 e. The molecule has 0 atom stereocenters. The van der Waals surface area contributed by atoms with Gasteiger partial charge < -0.3 is 10.1 Å². The van der Waals surface area contributed by atoms with E-state index >= 15 is 0 Å². The molecule has 0 spiro atoms. The molecule has 0 aromatic heterocycles. The smallest absolute Gasteiger partial charge is 0.387 e. The Morgan fingerprint density at radius 3 is 2.71 bits per heavy atom. The fourth-order valence-electron chi connectivity index (χ4n) is 1.83. The van der Waals surface area contributed by atoms with Crippen molar-refractivity contribution in [2.45, 2.75) is 20.1 Å². The van der Waals surface area contributed by atoms with Gasteiger partial charge in [0.2, 0.25) is 0 Å². The minimum absolute atomic E-state index is 0.161. The summed E-state index contributed by atoms with van der Waals surface area (Å²) >= 11 is 9.52. The molecule has 21 heavy (non-hydrogen) atoms. The number of nitrogens with one attached hydrogen (secondary N) is 1. The molecule has 0 bridgehead atoms. The van der Waals surface area contributed by atoms with Crippen LogP contribution in [0.5, 0.6) is 5.75 Å². The minimum Gasteiger partial charge on any atom is -0.434 e. The number of hydrogen-bond donors (Lipinski definition) is 1. The molecule has 0 aliphatic rings. The van der Waals surface area contributed by atoms with Crippen LogP contribution in [0.2, 0.25) is 5.02 Å². The molecule has 0 amide bonds. The number of halogens is 4. The Bertz CT molecular complexity index is 637. The summed E-state index contributed by atoms with van der Waals surface area (Å²) < 4.78 is 30.1. The molecule has 2 nitrogen and oxygen atoms in total. The van der Waals surface area contributed by atoms with E-state index in [1.807, 2.05) is 13.0 Å². The summed E-state index contributed by atoms with van der Waals surface area (Å²) in [5.74, 6) is 0.161. The van der Waals surface area contributed by atoms with Crippen LogP contribution in [0.15, 0.2) is 40.9 Å². The van der Waals surface area contributed by atoms with Crippen molar-refractivity contribution < 1.29 is 13.5 Å². The maximum atomic E-state index is 12.4. The van der Waals surface area contributed by atoms with Crippen molar-refractivity contribution in [1.82, 2.24) is 0 Å². The lowest BCUT2D eigenvalue weighted by Gasteiger charge is -2.14. The number of ether oxygens (including phenoxy) is 1. The van der Waals surface area contributed by atoms with Crippen molar-refractivity contribution >= 4 is 33.2 Å². The third kappa shape index (κ3) is 4.32. The second-order valence-electron chi connectivity index (χ2n) is 4.42. The van der Waals surface area contributed by atoms with Crippen molar-refractivity contribution in [3.63, 3.8) is 0 Å². The molecule has 2 aromatic rings. The van der Waals surface area contributed by atoms with Gasteiger partial charge in [0.15, 0.2) is 0 Å². The van der Waals surface area contributed by atoms with E-state index in [1.54, 1.807) is 24.3 Å². The first-order valence-corrected chi connectivity index (χ1v) is 7.36. The summed E-state index contributed by atoms with van der Waals surface area (Å²) in [6.45, 7) is -0.588. The molecule has 112 valence electrons. The molecule has 0 aliphatic heterocycles. The Balaban J connectivity index is 2.15.